The van der Waals surface area contributed by atoms with Gasteiger partial charge in [-0.15, -0.1) is 11.3 Å². The first-order valence-electron chi connectivity index (χ1n) is 6.63. The number of hydrogen-bond donors (Lipinski definition) is 1. The van der Waals surface area contributed by atoms with Crippen molar-refractivity contribution in [2.75, 3.05) is 31.1 Å². The minimum atomic E-state index is 0.166. The van der Waals surface area contributed by atoms with Gasteiger partial charge in [-0.25, -0.2) is 9.97 Å². The predicted octanol–water partition coefficient (Wildman–Crippen LogP) is 1.49. The van der Waals surface area contributed by atoms with Crippen LogP contribution in [0.4, 0.5) is 5.82 Å². The number of piperazine rings is 1. The van der Waals surface area contributed by atoms with Crippen molar-refractivity contribution in [3.05, 3.63) is 17.8 Å². The molecule has 0 amide bonds. The summed E-state index contributed by atoms with van der Waals surface area (Å²) < 4.78 is 1.17. The van der Waals surface area contributed by atoms with Crippen LogP contribution in [0.1, 0.15) is 6.92 Å². The first-order valence-corrected chi connectivity index (χ1v) is 7.92. The van der Waals surface area contributed by atoms with Crippen molar-refractivity contribution in [1.29, 1.82) is 0 Å². The third-order valence-corrected chi connectivity index (χ3v) is 5.04. The number of thiocarbonyl (C=S) groups is 1. The third-order valence-electron chi connectivity index (χ3n) is 3.80. The van der Waals surface area contributed by atoms with Crippen LogP contribution in [0.25, 0.3) is 10.2 Å². The van der Waals surface area contributed by atoms with Crippen molar-refractivity contribution in [3.63, 3.8) is 0 Å². The first-order chi connectivity index (χ1) is 9.66. The molecule has 106 valence electrons. The fourth-order valence-electron chi connectivity index (χ4n) is 2.50. The van der Waals surface area contributed by atoms with Gasteiger partial charge in [0.05, 0.1) is 21.2 Å². The summed E-state index contributed by atoms with van der Waals surface area (Å²) in [6, 6.07) is 2.20. The van der Waals surface area contributed by atoms with Gasteiger partial charge >= 0.3 is 0 Å². The molecule has 1 saturated heterocycles. The molecule has 0 bridgehead atoms. The van der Waals surface area contributed by atoms with E-state index in [1.165, 1.54) is 4.70 Å². The average Bonchev–Trinajstić information content (AvgIpc) is 2.95. The fourth-order valence-corrected chi connectivity index (χ4v) is 3.51. The quantitative estimate of drug-likeness (QED) is 0.867. The zero-order valence-electron chi connectivity index (χ0n) is 11.3. The molecule has 1 aliphatic rings. The molecule has 3 heterocycles. The van der Waals surface area contributed by atoms with Crippen molar-refractivity contribution in [2.45, 2.75) is 13.0 Å². The standard InChI is InChI=1S/C13H17N5S2/c1-9(12(14)19)17-3-5-18(6-4-17)13-11-10(2-7-20-11)15-8-16-13/h2,7-9H,3-6H2,1H3,(H2,14,19). The number of nitrogens with two attached hydrogens (primary N) is 1. The summed E-state index contributed by atoms with van der Waals surface area (Å²) in [7, 11) is 0. The van der Waals surface area contributed by atoms with E-state index in [0.717, 1.165) is 37.5 Å². The summed E-state index contributed by atoms with van der Waals surface area (Å²) in [6.07, 6.45) is 1.65. The molecule has 0 aromatic carbocycles. The molecule has 1 atom stereocenters. The van der Waals surface area contributed by atoms with Gasteiger partial charge in [0, 0.05) is 26.2 Å². The summed E-state index contributed by atoms with van der Waals surface area (Å²) in [5.41, 5.74) is 6.76. The van der Waals surface area contributed by atoms with Crippen LogP contribution in [0, 0.1) is 0 Å². The molecule has 5 nitrogen and oxygen atoms in total. The smallest absolute Gasteiger partial charge is 0.150 e. The van der Waals surface area contributed by atoms with Crippen LogP contribution in [0.2, 0.25) is 0 Å². The van der Waals surface area contributed by atoms with Crippen LogP contribution in [0.3, 0.4) is 0 Å². The highest BCUT2D eigenvalue weighted by molar-refractivity contribution is 7.80. The van der Waals surface area contributed by atoms with E-state index in [4.69, 9.17) is 18.0 Å². The number of anilines is 1. The highest BCUT2D eigenvalue weighted by Crippen LogP contribution is 2.28. The van der Waals surface area contributed by atoms with Crippen molar-refractivity contribution < 1.29 is 0 Å². The molecule has 2 aromatic rings. The Morgan fingerprint density at radius 1 is 1.35 bits per heavy atom. The minimum Gasteiger partial charge on any atom is -0.392 e. The number of nitrogens with zero attached hydrogens (tertiary/aromatic N) is 4. The molecule has 1 unspecified atom stereocenters. The van der Waals surface area contributed by atoms with Crippen LogP contribution in [0.15, 0.2) is 17.8 Å². The topological polar surface area (TPSA) is 58.3 Å². The van der Waals surface area contributed by atoms with Crippen molar-refractivity contribution >= 4 is 44.6 Å². The van der Waals surface area contributed by atoms with Gasteiger partial charge in [0.25, 0.3) is 0 Å². The SMILES string of the molecule is CC(C(N)=S)N1CCN(c2ncnc3ccsc23)CC1. The van der Waals surface area contributed by atoms with E-state index in [2.05, 4.69) is 32.1 Å². The average molecular weight is 307 g/mol. The van der Waals surface area contributed by atoms with Crippen LogP contribution in [-0.2, 0) is 0 Å². The summed E-state index contributed by atoms with van der Waals surface area (Å²) in [6.45, 7) is 5.86. The molecular weight excluding hydrogens is 290 g/mol. The third kappa shape index (κ3) is 2.48. The van der Waals surface area contributed by atoms with Crippen LogP contribution >= 0.6 is 23.6 Å². The van der Waals surface area contributed by atoms with Crippen LogP contribution in [0.5, 0.6) is 0 Å². The Hall–Kier alpha value is -1.31. The second kappa shape index (κ2) is 5.59. The molecule has 7 heteroatoms. The van der Waals surface area contributed by atoms with E-state index in [9.17, 15) is 0 Å². The van der Waals surface area contributed by atoms with Gasteiger partial charge in [0.1, 0.15) is 12.1 Å². The Balaban J connectivity index is 1.75. The fraction of sp³-hybridized carbons (Fsp3) is 0.462. The lowest BCUT2D eigenvalue weighted by Gasteiger charge is -2.38. The predicted molar refractivity (Wildman–Crippen MR) is 87.4 cm³/mol. The Labute approximate surface area is 127 Å². The Bertz CT molecular complexity index is 618. The highest BCUT2D eigenvalue weighted by atomic mass is 32.1. The molecule has 0 saturated carbocycles. The van der Waals surface area contributed by atoms with E-state index < -0.39 is 0 Å². The summed E-state index contributed by atoms with van der Waals surface area (Å²) in [5, 5.41) is 2.06. The maximum Gasteiger partial charge on any atom is 0.150 e. The summed E-state index contributed by atoms with van der Waals surface area (Å²) in [5.74, 6) is 1.05. The van der Waals surface area contributed by atoms with E-state index in [-0.39, 0.29) is 6.04 Å². The van der Waals surface area contributed by atoms with Gasteiger partial charge in [0.15, 0.2) is 0 Å². The number of thiophene rings is 1. The van der Waals surface area contributed by atoms with E-state index >= 15 is 0 Å². The van der Waals surface area contributed by atoms with E-state index in [1.54, 1.807) is 17.7 Å². The highest BCUT2D eigenvalue weighted by Gasteiger charge is 2.24. The molecular formula is C13H17N5S2. The van der Waals surface area contributed by atoms with Gasteiger partial charge in [-0.1, -0.05) is 12.2 Å². The van der Waals surface area contributed by atoms with Gasteiger partial charge in [-0.05, 0) is 18.4 Å². The zero-order valence-corrected chi connectivity index (χ0v) is 13.0. The second-order valence-corrected chi connectivity index (χ2v) is 6.32. The van der Waals surface area contributed by atoms with Crippen LogP contribution < -0.4 is 10.6 Å². The first kappa shape index (κ1) is 13.7. The lowest BCUT2D eigenvalue weighted by atomic mass is 10.2. The second-order valence-electron chi connectivity index (χ2n) is 4.93. The summed E-state index contributed by atoms with van der Waals surface area (Å²) >= 11 is 6.78. The van der Waals surface area contributed by atoms with E-state index in [1.807, 2.05) is 6.07 Å². The molecule has 0 aliphatic carbocycles. The molecule has 2 aromatic heterocycles. The van der Waals surface area contributed by atoms with Crippen molar-refractivity contribution in [3.8, 4) is 0 Å². The maximum absolute atomic E-state index is 5.73. The molecule has 0 radical (unpaired) electrons. The Kier molecular flexibility index (Phi) is 3.82. The number of fused-ring (bicyclic) bond motifs is 1. The Morgan fingerprint density at radius 2 is 2.10 bits per heavy atom. The largest absolute Gasteiger partial charge is 0.392 e. The number of rotatable bonds is 3. The zero-order chi connectivity index (χ0) is 14.1. The van der Waals surface area contributed by atoms with E-state index in [0.29, 0.717) is 4.99 Å². The molecule has 20 heavy (non-hydrogen) atoms. The monoisotopic (exact) mass is 307 g/mol. The number of hydrogen-bond acceptors (Lipinski definition) is 6. The molecule has 2 N–H and O–H groups in total. The molecule has 3 rings (SSSR count). The lowest BCUT2D eigenvalue weighted by Crippen LogP contribution is -2.52. The van der Waals surface area contributed by atoms with Gasteiger partial charge in [-0.2, -0.15) is 0 Å². The van der Waals surface area contributed by atoms with Crippen molar-refractivity contribution in [2.24, 2.45) is 5.73 Å². The Morgan fingerprint density at radius 3 is 2.80 bits per heavy atom. The normalized spacial score (nSPS) is 18.4. The number of aromatic nitrogens is 2. The molecule has 0 spiro atoms. The van der Waals surface area contributed by atoms with Crippen LogP contribution in [-0.4, -0.2) is 52.1 Å². The molecule has 1 aliphatic heterocycles. The van der Waals surface area contributed by atoms with Crippen molar-refractivity contribution in [1.82, 2.24) is 14.9 Å². The van der Waals surface area contributed by atoms with Gasteiger partial charge in [-0.3, -0.25) is 4.90 Å². The minimum absolute atomic E-state index is 0.166. The maximum atomic E-state index is 5.73. The lowest BCUT2D eigenvalue weighted by molar-refractivity contribution is 0.239. The van der Waals surface area contributed by atoms with Gasteiger partial charge < -0.3 is 10.6 Å². The summed E-state index contributed by atoms with van der Waals surface area (Å²) in [4.78, 5) is 14.0. The molecule has 1 fully saturated rings. The van der Waals surface area contributed by atoms with Gasteiger partial charge in [0.2, 0.25) is 0 Å².